The number of amides is 1. The molecule has 0 aliphatic heterocycles. The monoisotopic (exact) mass is 435 g/mol. The van der Waals surface area contributed by atoms with Crippen molar-refractivity contribution in [2.75, 3.05) is 20.3 Å². The predicted molar refractivity (Wildman–Crippen MR) is 110 cm³/mol. The van der Waals surface area contributed by atoms with Gasteiger partial charge in [0.15, 0.2) is 11.5 Å². The molecule has 0 aliphatic carbocycles. The van der Waals surface area contributed by atoms with Gasteiger partial charge in [-0.25, -0.2) is 0 Å². The number of ether oxygens (including phenoxy) is 3. The average molecular weight is 436 g/mol. The van der Waals surface area contributed by atoms with E-state index < -0.39 is 0 Å². The van der Waals surface area contributed by atoms with Crippen LogP contribution in [0.3, 0.4) is 0 Å². The van der Waals surface area contributed by atoms with Crippen molar-refractivity contribution >= 4 is 21.8 Å². The molecule has 0 unspecified atom stereocenters. The van der Waals surface area contributed by atoms with Crippen LogP contribution in [0.1, 0.15) is 42.6 Å². The van der Waals surface area contributed by atoms with E-state index in [1.807, 2.05) is 31.2 Å². The molecule has 5 nitrogen and oxygen atoms in total. The van der Waals surface area contributed by atoms with Crippen LogP contribution in [0.25, 0.3) is 0 Å². The van der Waals surface area contributed by atoms with Gasteiger partial charge in [0.25, 0.3) is 5.91 Å². The van der Waals surface area contributed by atoms with E-state index in [-0.39, 0.29) is 5.91 Å². The molecule has 0 atom stereocenters. The summed E-state index contributed by atoms with van der Waals surface area (Å²) in [5.41, 5.74) is 1.42. The topological polar surface area (TPSA) is 56.8 Å². The fraction of sp³-hybridized carbons (Fsp3) is 0.381. The zero-order chi connectivity index (χ0) is 19.6. The molecule has 6 heteroatoms. The fourth-order valence-corrected chi connectivity index (χ4v) is 2.87. The predicted octanol–water partition coefficient (Wildman–Crippen LogP) is 4.97. The summed E-state index contributed by atoms with van der Waals surface area (Å²) in [6.07, 6.45) is 2.07. The first kappa shape index (κ1) is 21.1. The van der Waals surface area contributed by atoms with Crippen LogP contribution in [-0.4, -0.2) is 26.2 Å². The number of halogens is 1. The van der Waals surface area contributed by atoms with Gasteiger partial charge in [0.05, 0.1) is 25.9 Å². The molecule has 1 amide bonds. The van der Waals surface area contributed by atoms with E-state index in [9.17, 15) is 4.79 Å². The Morgan fingerprint density at radius 2 is 1.81 bits per heavy atom. The number of hydrogen-bond donors (Lipinski definition) is 1. The van der Waals surface area contributed by atoms with Gasteiger partial charge >= 0.3 is 0 Å². The molecule has 2 rings (SSSR count). The highest BCUT2D eigenvalue weighted by molar-refractivity contribution is 9.10. The van der Waals surface area contributed by atoms with E-state index in [0.717, 1.165) is 22.9 Å². The van der Waals surface area contributed by atoms with Gasteiger partial charge in [0, 0.05) is 11.0 Å². The Hall–Kier alpha value is -2.21. The molecule has 2 aromatic carbocycles. The molecule has 0 bridgehead atoms. The quantitative estimate of drug-likeness (QED) is 0.535. The minimum absolute atomic E-state index is 0.193. The Morgan fingerprint density at radius 1 is 1.04 bits per heavy atom. The molecule has 0 radical (unpaired) electrons. The van der Waals surface area contributed by atoms with E-state index in [4.69, 9.17) is 14.2 Å². The lowest BCUT2D eigenvalue weighted by Gasteiger charge is -2.13. The number of unbranched alkanes of at least 4 members (excludes halogenated alkanes) is 1. The van der Waals surface area contributed by atoms with Crippen LogP contribution in [0.15, 0.2) is 40.9 Å². The Balaban J connectivity index is 2.05. The third-order valence-corrected chi connectivity index (χ3v) is 4.42. The summed E-state index contributed by atoms with van der Waals surface area (Å²) in [5, 5.41) is 2.93. The second kappa shape index (κ2) is 10.8. The fourth-order valence-electron chi connectivity index (χ4n) is 2.51. The third-order valence-electron chi connectivity index (χ3n) is 3.92. The lowest BCUT2D eigenvalue weighted by molar-refractivity contribution is 0.0947. The zero-order valence-electron chi connectivity index (χ0n) is 16.0. The van der Waals surface area contributed by atoms with Crippen molar-refractivity contribution in [2.45, 2.75) is 33.2 Å². The van der Waals surface area contributed by atoms with Crippen LogP contribution in [0.5, 0.6) is 17.2 Å². The van der Waals surface area contributed by atoms with Crippen LogP contribution in [0.4, 0.5) is 0 Å². The van der Waals surface area contributed by atoms with Crippen LogP contribution in [0, 0.1) is 0 Å². The maximum atomic E-state index is 12.6. The van der Waals surface area contributed by atoms with Crippen molar-refractivity contribution in [1.82, 2.24) is 5.32 Å². The van der Waals surface area contributed by atoms with Gasteiger partial charge in [-0.2, -0.15) is 0 Å². The highest BCUT2D eigenvalue weighted by Gasteiger charge is 2.14. The third kappa shape index (κ3) is 6.17. The van der Waals surface area contributed by atoms with Crippen molar-refractivity contribution in [3.8, 4) is 17.2 Å². The first-order valence-corrected chi connectivity index (χ1v) is 9.88. The van der Waals surface area contributed by atoms with E-state index in [1.54, 1.807) is 19.2 Å². The summed E-state index contributed by atoms with van der Waals surface area (Å²) < 4.78 is 17.5. The smallest absolute Gasteiger partial charge is 0.255 e. The molecule has 2 aromatic rings. The van der Waals surface area contributed by atoms with Crippen molar-refractivity contribution in [3.05, 3.63) is 52.0 Å². The zero-order valence-corrected chi connectivity index (χ0v) is 17.6. The van der Waals surface area contributed by atoms with Crippen LogP contribution >= 0.6 is 15.9 Å². The number of carbonyl (C=O) groups is 1. The highest BCUT2D eigenvalue weighted by Crippen LogP contribution is 2.28. The number of rotatable bonds is 10. The molecule has 1 N–H and O–H groups in total. The molecule has 0 fully saturated rings. The molecule has 0 saturated carbocycles. The van der Waals surface area contributed by atoms with Gasteiger partial charge in [-0.1, -0.05) is 35.3 Å². The number of benzene rings is 2. The molecule has 0 heterocycles. The van der Waals surface area contributed by atoms with Gasteiger partial charge in [-0.15, -0.1) is 0 Å². The van der Waals surface area contributed by atoms with E-state index in [2.05, 4.69) is 28.2 Å². The molecule has 0 aromatic heterocycles. The van der Waals surface area contributed by atoms with Crippen LogP contribution in [0.2, 0.25) is 0 Å². The second-order valence-corrected chi connectivity index (χ2v) is 6.86. The van der Waals surface area contributed by atoms with E-state index >= 15 is 0 Å². The van der Waals surface area contributed by atoms with Crippen molar-refractivity contribution in [1.29, 1.82) is 0 Å². The summed E-state index contributed by atoms with van der Waals surface area (Å²) in [7, 11) is 1.61. The maximum Gasteiger partial charge on any atom is 0.255 e. The number of carbonyl (C=O) groups excluding carboxylic acids is 1. The Kier molecular flexibility index (Phi) is 8.45. The summed E-state index contributed by atoms with van der Waals surface area (Å²) in [5.74, 6) is 1.75. The van der Waals surface area contributed by atoms with E-state index in [0.29, 0.717) is 42.6 Å². The molecule has 0 aliphatic rings. The van der Waals surface area contributed by atoms with Crippen LogP contribution in [-0.2, 0) is 6.54 Å². The van der Waals surface area contributed by atoms with Crippen molar-refractivity contribution < 1.29 is 19.0 Å². The van der Waals surface area contributed by atoms with Gasteiger partial charge in [-0.3, -0.25) is 4.79 Å². The van der Waals surface area contributed by atoms with Crippen molar-refractivity contribution in [2.24, 2.45) is 0 Å². The molecule has 27 heavy (non-hydrogen) atoms. The molecule has 0 saturated heterocycles. The Morgan fingerprint density at radius 3 is 2.52 bits per heavy atom. The minimum atomic E-state index is -0.193. The van der Waals surface area contributed by atoms with Gasteiger partial charge in [-0.05, 0) is 49.2 Å². The van der Waals surface area contributed by atoms with Gasteiger partial charge in [0.2, 0.25) is 0 Å². The number of methoxy groups -OCH3 is 1. The Bertz CT molecular complexity index is 764. The van der Waals surface area contributed by atoms with Gasteiger partial charge in [0.1, 0.15) is 5.75 Å². The lowest BCUT2D eigenvalue weighted by Crippen LogP contribution is -2.23. The maximum absolute atomic E-state index is 12.6. The molecular weight excluding hydrogens is 410 g/mol. The number of nitrogens with one attached hydrogen (secondary N) is 1. The van der Waals surface area contributed by atoms with Gasteiger partial charge < -0.3 is 19.5 Å². The van der Waals surface area contributed by atoms with Crippen molar-refractivity contribution in [3.63, 3.8) is 0 Å². The van der Waals surface area contributed by atoms with E-state index in [1.165, 1.54) is 0 Å². The molecule has 0 spiro atoms. The number of hydrogen-bond acceptors (Lipinski definition) is 4. The summed E-state index contributed by atoms with van der Waals surface area (Å²) >= 11 is 3.40. The summed E-state index contributed by atoms with van der Waals surface area (Å²) in [6, 6.07) is 11.1. The largest absolute Gasteiger partial charge is 0.493 e. The Labute approximate surface area is 169 Å². The first-order chi connectivity index (χ1) is 13.1. The summed E-state index contributed by atoms with van der Waals surface area (Å²) in [4.78, 5) is 12.6. The first-order valence-electron chi connectivity index (χ1n) is 9.09. The second-order valence-electron chi connectivity index (χ2n) is 5.94. The normalized spacial score (nSPS) is 10.4. The lowest BCUT2D eigenvalue weighted by atomic mass is 10.1. The minimum Gasteiger partial charge on any atom is -0.493 e. The SMILES string of the molecule is CCCCOc1ccc(CNC(=O)c2cc(Br)ccc2OCC)cc1OC. The van der Waals surface area contributed by atoms with Crippen LogP contribution < -0.4 is 19.5 Å². The molecular formula is C21H26BrNO4. The highest BCUT2D eigenvalue weighted by atomic mass is 79.9. The average Bonchev–Trinajstić information content (AvgIpc) is 2.68. The molecule has 146 valence electrons. The summed E-state index contributed by atoms with van der Waals surface area (Å²) in [6.45, 7) is 5.54. The standard InChI is InChI=1S/C21H26BrNO4/c1-4-6-11-27-19-9-7-15(12-20(19)25-3)14-23-21(24)17-13-16(22)8-10-18(17)26-5-2/h7-10,12-13H,4-6,11,14H2,1-3H3,(H,23,24).